The van der Waals surface area contributed by atoms with Gasteiger partial charge in [-0.1, -0.05) is 18.2 Å². The number of halogens is 1. The van der Waals surface area contributed by atoms with E-state index < -0.39 is 10.0 Å². The monoisotopic (exact) mass is 488 g/mol. The number of benzene rings is 2. The summed E-state index contributed by atoms with van der Waals surface area (Å²) in [5.74, 6) is 0.818. The van der Waals surface area contributed by atoms with Crippen molar-refractivity contribution in [2.75, 3.05) is 46.5 Å². The molecule has 0 amide bonds. The fraction of sp³-hybridized carbons (Fsp3) is 0.375. The second-order valence-corrected chi connectivity index (χ2v) is 9.97. The average molecular weight is 489 g/mol. The first-order valence-electron chi connectivity index (χ1n) is 11.1. The average Bonchev–Trinajstić information content (AvgIpc) is 3.30. The van der Waals surface area contributed by atoms with Crippen molar-refractivity contribution in [2.45, 2.75) is 18.0 Å². The van der Waals surface area contributed by atoms with Crippen LogP contribution in [-0.2, 0) is 27.8 Å². The molecule has 0 bridgehead atoms. The first-order chi connectivity index (χ1) is 16.5. The molecule has 0 N–H and O–H groups in total. The number of aromatic nitrogens is 2. The molecular formula is C24H29FN4O4S. The quantitative estimate of drug-likeness (QED) is 0.437. The smallest absolute Gasteiger partial charge is 0.243 e. The molecule has 0 saturated carbocycles. The summed E-state index contributed by atoms with van der Waals surface area (Å²) in [6, 6.07) is 12.9. The van der Waals surface area contributed by atoms with E-state index in [1.54, 1.807) is 59.4 Å². The van der Waals surface area contributed by atoms with Gasteiger partial charge >= 0.3 is 0 Å². The lowest BCUT2D eigenvalue weighted by Gasteiger charge is -2.29. The van der Waals surface area contributed by atoms with Crippen molar-refractivity contribution in [2.24, 2.45) is 0 Å². The normalized spacial score (nSPS) is 15.0. The Morgan fingerprint density at radius 2 is 1.85 bits per heavy atom. The number of nitrogens with zero attached hydrogens (tertiary/aromatic N) is 4. The highest BCUT2D eigenvalue weighted by atomic mass is 32.2. The van der Waals surface area contributed by atoms with E-state index in [1.807, 2.05) is 0 Å². The van der Waals surface area contributed by atoms with Crippen molar-refractivity contribution in [3.05, 3.63) is 78.1 Å². The van der Waals surface area contributed by atoms with Crippen LogP contribution in [0.15, 0.2) is 65.8 Å². The highest BCUT2D eigenvalue weighted by Crippen LogP contribution is 2.22. The second-order valence-electron chi connectivity index (χ2n) is 8.03. The summed E-state index contributed by atoms with van der Waals surface area (Å²) in [4.78, 5) is 6.76. The summed E-state index contributed by atoms with van der Waals surface area (Å²) in [5, 5.41) is 0. The Morgan fingerprint density at radius 1 is 1.12 bits per heavy atom. The van der Waals surface area contributed by atoms with Gasteiger partial charge in [-0.05, 0) is 30.3 Å². The van der Waals surface area contributed by atoms with E-state index in [4.69, 9.17) is 9.47 Å². The molecule has 1 fully saturated rings. The van der Waals surface area contributed by atoms with Crippen LogP contribution >= 0.6 is 0 Å². The molecule has 3 aromatic rings. The zero-order valence-corrected chi connectivity index (χ0v) is 20.0. The van der Waals surface area contributed by atoms with Gasteiger partial charge in [0, 0.05) is 44.1 Å². The molecule has 0 atom stereocenters. The van der Waals surface area contributed by atoms with Gasteiger partial charge in [0.1, 0.15) is 17.4 Å². The van der Waals surface area contributed by atoms with Gasteiger partial charge in [-0.15, -0.1) is 0 Å². The molecule has 1 saturated heterocycles. The number of sulfonamides is 1. The SMILES string of the molecule is COc1ccc(S(=O)(=O)N(CCN2CCOCC2)Cc2nccn2Cc2ccccc2F)cc1. The highest BCUT2D eigenvalue weighted by Gasteiger charge is 2.27. The first kappa shape index (κ1) is 24.3. The van der Waals surface area contributed by atoms with Crippen LogP contribution in [0.1, 0.15) is 11.4 Å². The molecule has 1 aliphatic rings. The lowest BCUT2D eigenvalue weighted by atomic mass is 10.2. The third kappa shape index (κ3) is 5.82. The van der Waals surface area contributed by atoms with Gasteiger partial charge in [0.25, 0.3) is 0 Å². The minimum absolute atomic E-state index is 0.0696. The van der Waals surface area contributed by atoms with Crippen LogP contribution in [0, 0.1) is 5.82 Å². The van der Waals surface area contributed by atoms with E-state index in [0.717, 1.165) is 13.1 Å². The van der Waals surface area contributed by atoms with Crippen LogP contribution < -0.4 is 4.74 Å². The number of hydrogen-bond donors (Lipinski definition) is 0. The molecule has 0 aliphatic carbocycles. The highest BCUT2D eigenvalue weighted by molar-refractivity contribution is 7.89. The number of hydrogen-bond acceptors (Lipinski definition) is 6. The minimum atomic E-state index is -3.81. The van der Waals surface area contributed by atoms with Gasteiger partial charge in [-0.2, -0.15) is 4.31 Å². The van der Waals surface area contributed by atoms with E-state index >= 15 is 0 Å². The van der Waals surface area contributed by atoms with Gasteiger partial charge < -0.3 is 14.0 Å². The molecule has 1 aromatic heterocycles. The van der Waals surface area contributed by atoms with Crippen molar-refractivity contribution >= 4 is 10.0 Å². The van der Waals surface area contributed by atoms with Crippen LogP contribution in [0.4, 0.5) is 4.39 Å². The summed E-state index contributed by atoms with van der Waals surface area (Å²) >= 11 is 0. The Labute approximate surface area is 199 Å². The number of methoxy groups -OCH3 is 1. The van der Waals surface area contributed by atoms with Gasteiger partial charge in [0.2, 0.25) is 10.0 Å². The Bertz CT molecular complexity index is 1180. The Hall–Kier alpha value is -2.79. The number of ether oxygens (including phenoxy) is 2. The van der Waals surface area contributed by atoms with Crippen LogP contribution in [0.2, 0.25) is 0 Å². The van der Waals surface area contributed by atoms with Gasteiger partial charge in [-0.3, -0.25) is 4.90 Å². The first-order valence-corrected chi connectivity index (χ1v) is 12.6. The topological polar surface area (TPSA) is 76.9 Å². The zero-order valence-electron chi connectivity index (χ0n) is 19.1. The molecule has 2 heterocycles. The molecule has 1 aliphatic heterocycles. The van der Waals surface area contributed by atoms with Gasteiger partial charge in [-0.25, -0.2) is 17.8 Å². The summed E-state index contributed by atoms with van der Waals surface area (Å²) in [6.07, 6.45) is 3.35. The van der Waals surface area contributed by atoms with Gasteiger partial charge in [0.05, 0.1) is 38.3 Å². The van der Waals surface area contributed by atoms with E-state index in [2.05, 4.69) is 9.88 Å². The molecule has 34 heavy (non-hydrogen) atoms. The van der Waals surface area contributed by atoms with Crippen LogP contribution in [-0.4, -0.2) is 73.7 Å². The molecule has 2 aromatic carbocycles. The summed E-state index contributed by atoms with van der Waals surface area (Å²) in [5.41, 5.74) is 0.514. The number of rotatable bonds is 10. The van der Waals surface area contributed by atoms with Crippen molar-refractivity contribution in [3.8, 4) is 5.75 Å². The van der Waals surface area contributed by atoms with E-state index in [0.29, 0.717) is 43.4 Å². The molecular weight excluding hydrogens is 459 g/mol. The van der Waals surface area contributed by atoms with Crippen molar-refractivity contribution in [1.29, 1.82) is 0 Å². The van der Waals surface area contributed by atoms with Crippen LogP contribution in [0.5, 0.6) is 5.75 Å². The van der Waals surface area contributed by atoms with Crippen LogP contribution in [0.25, 0.3) is 0 Å². The van der Waals surface area contributed by atoms with E-state index in [1.165, 1.54) is 17.5 Å². The summed E-state index contributed by atoms with van der Waals surface area (Å²) < 4.78 is 55.2. The number of morpholine rings is 1. The Morgan fingerprint density at radius 3 is 2.56 bits per heavy atom. The third-order valence-corrected chi connectivity index (χ3v) is 7.74. The fourth-order valence-corrected chi connectivity index (χ4v) is 5.25. The predicted molar refractivity (Wildman–Crippen MR) is 126 cm³/mol. The lowest BCUT2D eigenvalue weighted by molar-refractivity contribution is 0.0360. The van der Waals surface area contributed by atoms with Crippen LogP contribution in [0.3, 0.4) is 0 Å². The predicted octanol–water partition coefficient (Wildman–Crippen LogP) is 2.60. The molecule has 8 nitrogen and oxygen atoms in total. The molecule has 4 rings (SSSR count). The van der Waals surface area contributed by atoms with Gasteiger partial charge in [0.15, 0.2) is 0 Å². The molecule has 182 valence electrons. The Kier molecular flexibility index (Phi) is 7.94. The maximum Gasteiger partial charge on any atom is 0.243 e. The van der Waals surface area contributed by atoms with E-state index in [-0.39, 0.29) is 23.8 Å². The third-order valence-electron chi connectivity index (χ3n) is 5.88. The van der Waals surface area contributed by atoms with Crippen molar-refractivity contribution in [1.82, 2.24) is 18.8 Å². The minimum Gasteiger partial charge on any atom is -0.497 e. The zero-order chi connectivity index (χ0) is 24.0. The standard InChI is InChI=1S/C24H29FN4O4S/c1-32-21-6-8-22(9-7-21)34(30,31)29(13-12-27-14-16-33-17-15-27)19-24-26-10-11-28(24)18-20-4-2-3-5-23(20)25/h2-11H,12-19H2,1H3. The molecule has 10 heteroatoms. The summed E-state index contributed by atoms with van der Waals surface area (Å²) in [6.45, 7) is 4.00. The van der Waals surface area contributed by atoms with Crippen molar-refractivity contribution in [3.63, 3.8) is 0 Å². The largest absolute Gasteiger partial charge is 0.497 e. The molecule has 0 radical (unpaired) electrons. The Balaban J connectivity index is 1.58. The summed E-state index contributed by atoms with van der Waals surface area (Å²) in [7, 11) is -2.27. The maximum absolute atomic E-state index is 14.2. The molecule has 0 spiro atoms. The molecule has 0 unspecified atom stereocenters. The lowest BCUT2D eigenvalue weighted by Crippen LogP contribution is -2.43. The number of imidazole rings is 1. The second kappa shape index (κ2) is 11.1. The maximum atomic E-state index is 14.2. The van der Waals surface area contributed by atoms with E-state index in [9.17, 15) is 12.8 Å². The fourth-order valence-electron chi connectivity index (χ4n) is 3.86. The van der Waals surface area contributed by atoms with Crippen molar-refractivity contribution < 1.29 is 22.3 Å².